The van der Waals surface area contributed by atoms with Crippen molar-refractivity contribution in [2.24, 2.45) is 0 Å². The standard InChI is InChI=1S/C13H18BrFN2O/c1-17(9-12-7-16-4-5-18-12)8-10-6-11(15)2-3-13(10)14/h2-3,6,12,16H,4-5,7-9H2,1H3. The number of likely N-dealkylation sites (N-methyl/N-ethyl adjacent to an activating group) is 1. The minimum absolute atomic E-state index is 0.197. The number of nitrogens with one attached hydrogen (secondary N) is 1. The first-order valence-corrected chi connectivity index (χ1v) is 6.89. The van der Waals surface area contributed by atoms with E-state index in [0.29, 0.717) is 6.54 Å². The Kier molecular flexibility index (Phi) is 5.12. The molecule has 1 heterocycles. The first-order chi connectivity index (χ1) is 8.65. The van der Waals surface area contributed by atoms with Crippen LogP contribution in [-0.2, 0) is 11.3 Å². The van der Waals surface area contributed by atoms with Gasteiger partial charge in [-0.3, -0.25) is 4.90 Å². The number of hydrogen-bond acceptors (Lipinski definition) is 3. The fourth-order valence-electron chi connectivity index (χ4n) is 2.10. The summed E-state index contributed by atoms with van der Waals surface area (Å²) in [6, 6.07) is 4.78. The van der Waals surface area contributed by atoms with Gasteiger partial charge in [0.2, 0.25) is 0 Å². The molecule has 3 nitrogen and oxygen atoms in total. The van der Waals surface area contributed by atoms with Gasteiger partial charge in [0, 0.05) is 30.7 Å². The zero-order valence-corrected chi connectivity index (χ0v) is 12.0. The molecule has 1 unspecified atom stereocenters. The number of hydrogen-bond donors (Lipinski definition) is 1. The molecule has 0 bridgehead atoms. The van der Waals surface area contributed by atoms with E-state index >= 15 is 0 Å². The molecular weight excluding hydrogens is 299 g/mol. The molecular formula is C13H18BrFN2O. The average molecular weight is 317 g/mol. The molecule has 1 saturated heterocycles. The van der Waals surface area contributed by atoms with E-state index in [1.807, 2.05) is 7.05 Å². The molecule has 0 radical (unpaired) electrons. The number of benzene rings is 1. The summed E-state index contributed by atoms with van der Waals surface area (Å²) in [5.41, 5.74) is 0.960. The van der Waals surface area contributed by atoms with E-state index in [2.05, 4.69) is 26.1 Å². The summed E-state index contributed by atoms with van der Waals surface area (Å²) >= 11 is 3.45. The first kappa shape index (κ1) is 13.9. The zero-order chi connectivity index (χ0) is 13.0. The summed E-state index contributed by atoms with van der Waals surface area (Å²) in [6.45, 7) is 4.13. The fourth-order valence-corrected chi connectivity index (χ4v) is 2.48. The highest BCUT2D eigenvalue weighted by molar-refractivity contribution is 9.10. The Morgan fingerprint density at radius 1 is 1.56 bits per heavy atom. The second kappa shape index (κ2) is 6.61. The molecule has 0 saturated carbocycles. The smallest absolute Gasteiger partial charge is 0.123 e. The summed E-state index contributed by atoms with van der Waals surface area (Å²) in [6.07, 6.45) is 0.219. The number of morpholine rings is 1. The van der Waals surface area contributed by atoms with Crippen LogP contribution in [0.1, 0.15) is 5.56 Å². The van der Waals surface area contributed by atoms with Crippen molar-refractivity contribution in [1.29, 1.82) is 0 Å². The first-order valence-electron chi connectivity index (χ1n) is 6.10. The molecule has 0 aromatic heterocycles. The second-order valence-electron chi connectivity index (χ2n) is 4.63. The van der Waals surface area contributed by atoms with E-state index in [0.717, 1.165) is 36.3 Å². The van der Waals surface area contributed by atoms with E-state index in [9.17, 15) is 4.39 Å². The summed E-state index contributed by atoms with van der Waals surface area (Å²) in [5, 5.41) is 3.30. The van der Waals surface area contributed by atoms with Gasteiger partial charge in [-0.25, -0.2) is 4.39 Å². The minimum atomic E-state index is -0.197. The highest BCUT2D eigenvalue weighted by atomic mass is 79.9. The minimum Gasteiger partial charge on any atom is -0.374 e. The van der Waals surface area contributed by atoms with Gasteiger partial charge in [0.15, 0.2) is 0 Å². The van der Waals surface area contributed by atoms with Crippen molar-refractivity contribution >= 4 is 15.9 Å². The molecule has 1 fully saturated rings. The van der Waals surface area contributed by atoms with Crippen LogP contribution in [0.5, 0.6) is 0 Å². The van der Waals surface area contributed by atoms with Crippen LogP contribution in [0.4, 0.5) is 4.39 Å². The van der Waals surface area contributed by atoms with E-state index < -0.39 is 0 Å². The third kappa shape index (κ3) is 4.02. The van der Waals surface area contributed by atoms with Gasteiger partial charge in [-0.05, 0) is 30.8 Å². The zero-order valence-electron chi connectivity index (χ0n) is 10.5. The van der Waals surface area contributed by atoms with Crippen molar-refractivity contribution in [3.8, 4) is 0 Å². The molecule has 0 spiro atoms. The quantitative estimate of drug-likeness (QED) is 0.919. The number of nitrogens with zero attached hydrogens (tertiary/aromatic N) is 1. The third-order valence-corrected chi connectivity index (χ3v) is 3.74. The molecule has 1 aromatic rings. The van der Waals surface area contributed by atoms with Crippen molar-refractivity contribution in [3.63, 3.8) is 0 Å². The van der Waals surface area contributed by atoms with Crippen LogP contribution in [0.15, 0.2) is 22.7 Å². The number of ether oxygens (including phenoxy) is 1. The van der Waals surface area contributed by atoms with Gasteiger partial charge in [0.25, 0.3) is 0 Å². The summed E-state index contributed by atoms with van der Waals surface area (Å²) in [7, 11) is 2.02. The van der Waals surface area contributed by atoms with Crippen LogP contribution in [0.2, 0.25) is 0 Å². The largest absolute Gasteiger partial charge is 0.374 e. The van der Waals surface area contributed by atoms with Gasteiger partial charge in [-0.2, -0.15) is 0 Å². The molecule has 1 aromatic carbocycles. The normalized spacial score (nSPS) is 20.3. The van der Waals surface area contributed by atoms with Gasteiger partial charge in [0.1, 0.15) is 5.82 Å². The highest BCUT2D eigenvalue weighted by Crippen LogP contribution is 2.19. The van der Waals surface area contributed by atoms with Gasteiger partial charge < -0.3 is 10.1 Å². The molecule has 1 N–H and O–H groups in total. The van der Waals surface area contributed by atoms with Crippen LogP contribution in [0, 0.1) is 5.82 Å². The van der Waals surface area contributed by atoms with E-state index in [1.54, 1.807) is 12.1 Å². The molecule has 5 heteroatoms. The molecule has 0 aliphatic carbocycles. The Balaban J connectivity index is 1.89. The third-order valence-electron chi connectivity index (χ3n) is 2.97. The Morgan fingerprint density at radius 3 is 3.11 bits per heavy atom. The monoisotopic (exact) mass is 316 g/mol. The van der Waals surface area contributed by atoms with Crippen LogP contribution in [0.3, 0.4) is 0 Å². The van der Waals surface area contributed by atoms with Crippen molar-refractivity contribution in [1.82, 2.24) is 10.2 Å². The molecule has 0 amide bonds. The van der Waals surface area contributed by atoms with Crippen LogP contribution >= 0.6 is 15.9 Å². The van der Waals surface area contributed by atoms with Crippen LogP contribution < -0.4 is 5.32 Å². The predicted molar refractivity (Wildman–Crippen MR) is 73.0 cm³/mol. The van der Waals surface area contributed by atoms with Crippen molar-refractivity contribution in [2.75, 3.05) is 33.3 Å². The second-order valence-corrected chi connectivity index (χ2v) is 5.48. The Bertz CT molecular complexity index is 397. The van der Waals surface area contributed by atoms with Crippen molar-refractivity contribution in [3.05, 3.63) is 34.1 Å². The van der Waals surface area contributed by atoms with Gasteiger partial charge in [-0.1, -0.05) is 15.9 Å². The molecule has 18 heavy (non-hydrogen) atoms. The summed E-state index contributed by atoms with van der Waals surface area (Å²) in [4.78, 5) is 2.15. The maximum absolute atomic E-state index is 13.2. The molecule has 100 valence electrons. The lowest BCUT2D eigenvalue weighted by Gasteiger charge is -2.28. The van der Waals surface area contributed by atoms with E-state index in [-0.39, 0.29) is 11.9 Å². The molecule has 1 aliphatic rings. The van der Waals surface area contributed by atoms with Crippen molar-refractivity contribution in [2.45, 2.75) is 12.6 Å². The Labute approximate surface area is 115 Å². The number of rotatable bonds is 4. The summed E-state index contributed by atoms with van der Waals surface area (Å²) < 4.78 is 19.8. The number of halogens is 2. The van der Waals surface area contributed by atoms with E-state index in [1.165, 1.54) is 6.07 Å². The van der Waals surface area contributed by atoms with E-state index in [4.69, 9.17) is 4.74 Å². The van der Waals surface area contributed by atoms with Crippen LogP contribution in [0.25, 0.3) is 0 Å². The molecule has 1 aliphatic heterocycles. The highest BCUT2D eigenvalue weighted by Gasteiger charge is 2.16. The Morgan fingerprint density at radius 2 is 2.39 bits per heavy atom. The van der Waals surface area contributed by atoms with Crippen molar-refractivity contribution < 1.29 is 9.13 Å². The lowest BCUT2D eigenvalue weighted by atomic mass is 10.2. The van der Waals surface area contributed by atoms with Gasteiger partial charge in [0.05, 0.1) is 12.7 Å². The summed E-state index contributed by atoms with van der Waals surface area (Å²) in [5.74, 6) is -0.197. The molecule has 2 rings (SSSR count). The molecule has 1 atom stereocenters. The predicted octanol–water partition coefficient (Wildman–Crippen LogP) is 2.01. The topological polar surface area (TPSA) is 24.5 Å². The fraction of sp³-hybridized carbons (Fsp3) is 0.538. The Hall–Kier alpha value is -0.490. The van der Waals surface area contributed by atoms with Gasteiger partial charge >= 0.3 is 0 Å². The maximum atomic E-state index is 13.2. The SMILES string of the molecule is CN(Cc1cc(F)ccc1Br)CC1CNCCO1. The lowest BCUT2D eigenvalue weighted by molar-refractivity contribution is 0.00881. The van der Waals surface area contributed by atoms with Crippen LogP contribution in [-0.4, -0.2) is 44.3 Å². The lowest BCUT2D eigenvalue weighted by Crippen LogP contribution is -2.44. The van der Waals surface area contributed by atoms with Gasteiger partial charge in [-0.15, -0.1) is 0 Å². The average Bonchev–Trinajstić information content (AvgIpc) is 2.35. The maximum Gasteiger partial charge on any atom is 0.123 e.